The van der Waals surface area contributed by atoms with E-state index in [4.69, 9.17) is 5.84 Å². The third-order valence-corrected chi connectivity index (χ3v) is 3.75. The zero-order chi connectivity index (χ0) is 10.4. The molecule has 3 N–H and O–H groups in total. The third kappa shape index (κ3) is 5.16. The smallest absolute Gasteiger partial charge is 0.237 e. The molecule has 0 saturated heterocycles. The number of hydrogen-bond acceptors (Lipinski definition) is 3. The average molecular weight is 204 g/mol. The highest BCUT2D eigenvalue weighted by Crippen LogP contribution is 2.21. The van der Waals surface area contributed by atoms with Crippen LogP contribution in [0.15, 0.2) is 0 Å². The second kappa shape index (κ2) is 6.27. The summed E-state index contributed by atoms with van der Waals surface area (Å²) in [5, 5.41) is 0.325. The first-order valence-electron chi connectivity index (χ1n) is 4.61. The van der Waals surface area contributed by atoms with Crippen LogP contribution in [0.1, 0.15) is 27.7 Å². The number of amides is 1. The number of hydrogen-bond donors (Lipinski definition) is 2. The minimum absolute atomic E-state index is 0.0197. The minimum Gasteiger partial charge on any atom is -0.294 e. The normalized spacial score (nSPS) is 15.5. The lowest BCUT2D eigenvalue weighted by atomic mass is 10.1. The summed E-state index contributed by atoms with van der Waals surface area (Å²) >= 11 is 1.82. The van der Waals surface area contributed by atoms with Crippen LogP contribution in [0, 0.1) is 11.8 Å². The zero-order valence-electron chi connectivity index (χ0n) is 8.83. The predicted molar refractivity (Wildman–Crippen MR) is 58.3 cm³/mol. The molecule has 0 aliphatic rings. The minimum atomic E-state index is -0.0799. The molecule has 2 atom stereocenters. The van der Waals surface area contributed by atoms with Gasteiger partial charge in [-0.2, -0.15) is 11.8 Å². The van der Waals surface area contributed by atoms with Crippen LogP contribution >= 0.6 is 11.8 Å². The number of thioether (sulfide) groups is 1. The molecule has 0 aliphatic carbocycles. The summed E-state index contributed by atoms with van der Waals surface area (Å²) in [4.78, 5) is 11.1. The maximum Gasteiger partial charge on any atom is 0.237 e. The summed E-state index contributed by atoms with van der Waals surface area (Å²) in [5.74, 6) is 6.71. The van der Waals surface area contributed by atoms with Crippen molar-refractivity contribution in [1.29, 1.82) is 0 Å². The van der Waals surface area contributed by atoms with Gasteiger partial charge in [0.25, 0.3) is 0 Å². The molecule has 0 aromatic carbocycles. The fraction of sp³-hybridized carbons (Fsp3) is 0.889. The van der Waals surface area contributed by atoms with E-state index in [1.54, 1.807) is 0 Å². The van der Waals surface area contributed by atoms with Crippen molar-refractivity contribution in [2.45, 2.75) is 32.9 Å². The molecular formula is C9H20N2OS. The van der Waals surface area contributed by atoms with Crippen LogP contribution in [-0.2, 0) is 4.79 Å². The van der Waals surface area contributed by atoms with E-state index >= 15 is 0 Å². The molecule has 0 saturated carbocycles. The van der Waals surface area contributed by atoms with Crippen LogP contribution in [0.3, 0.4) is 0 Å². The second-order valence-electron chi connectivity index (χ2n) is 3.73. The lowest BCUT2D eigenvalue weighted by Gasteiger charge is -2.18. The van der Waals surface area contributed by atoms with E-state index in [2.05, 4.69) is 26.2 Å². The molecule has 4 heteroatoms. The first-order chi connectivity index (χ1) is 5.99. The van der Waals surface area contributed by atoms with Gasteiger partial charge in [0.15, 0.2) is 0 Å². The lowest BCUT2D eigenvalue weighted by Crippen LogP contribution is -2.38. The summed E-state index contributed by atoms with van der Waals surface area (Å²) < 4.78 is 0. The fourth-order valence-corrected chi connectivity index (χ4v) is 1.93. The van der Waals surface area contributed by atoms with Gasteiger partial charge in [-0.05, 0) is 11.7 Å². The van der Waals surface area contributed by atoms with E-state index in [1.807, 2.05) is 18.7 Å². The van der Waals surface area contributed by atoms with Crippen molar-refractivity contribution in [3.05, 3.63) is 0 Å². The quantitative estimate of drug-likeness (QED) is 0.404. The Morgan fingerprint density at radius 1 is 1.38 bits per heavy atom. The average Bonchev–Trinajstić information content (AvgIpc) is 2.11. The standard InChI is InChI=1S/C9H20N2OS/c1-6(2)5-13-8(4)7(3)9(12)11-10/h6-8H,5,10H2,1-4H3,(H,11,12). The van der Waals surface area contributed by atoms with Gasteiger partial charge in [-0.1, -0.05) is 27.7 Å². The van der Waals surface area contributed by atoms with E-state index in [9.17, 15) is 4.79 Å². The molecule has 0 radical (unpaired) electrons. The highest BCUT2D eigenvalue weighted by Gasteiger charge is 2.19. The Labute approximate surface area is 84.8 Å². The Morgan fingerprint density at radius 2 is 1.92 bits per heavy atom. The Morgan fingerprint density at radius 3 is 2.31 bits per heavy atom. The van der Waals surface area contributed by atoms with Gasteiger partial charge in [-0.15, -0.1) is 0 Å². The van der Waals surface area contributed by atoms with Gasteiger partial charge >= 0.3 is 0 Å². The van der Waals surface area contributed by atoms with Crippen molar-refractivity contribution in [1.82, 2.24) is 5.43 Å². The maximum absolute atomic E-state index is 11.1. The molecule has 0 heterocycles. The molecule has 0 bridgehead atoms. The maximum atomic E-state index is 11.1. The van der Waals surface area contributed by atoms with Crippen LogP contribution in [0.5, 0.6) is 0 Å². The van der Waals surface area contributed by atoms with Crippen molar-refractivity contribution < 1.29 is 4.79 Å². The molecule has 0 rings (SSSR count). The SMILES string of the molecule is CC(C)CSC(C)C(C)C(=O)NN. The van der Waals surface area contributed by atoms with Crippen molar-refractivity contribution in [2.24, 2.45) is 17.7 Å². The van der Waals surface area contributed by atoms with Gasteiger partial charge < -0.3 is 0 Å². The van der Waals surface area contributed by atoms with Crippen molar-refractivity contribution in [3.8, 4) is 0 Å². The van der Waals surface area contributed by atoms with E-state index in [-0.39, 0.29) is 11.8 Å². The van der Waals surface area contributed by atoms with E-state index in [0.29, 0.717) is 11.2 Å². The molecular weight excluding hydrogens is 184 g/mol. The monoisotopic (exact) mass is 204 g/mol. The Balaban J connectivity index is 3.82. The lowest BCUT2D eigenvalue weighted by molar-refractivity contribution is -0.124. The van der Waals surface area contributed by atoms with Crippen LogP contribution in [0.25, 0.3) is 0 Å². The van der Waals surface area contributed by atoms with Crippen molar-refractivity contribution >= 4 is 17.7 Å². The summed E-state index contributed by atoms with van der Waals surface area (Å²) in [7, 11) is 0. The van der Waals surface area contributed by atoms with Crippen molar-refractivity contribution in [3.63, 3.8) is 0 Å². The van der Waals surface area contributed by atoms with E-state index in [0.717, 1.165) is 5.75 Å². The molecule has 0 aromatic rings. The number of carbonyl (C=O) groups excluding carboxylic acids is 1. The number of nitrogens with two attached hydrogens (primary N) is 1. The van der Waals surface area contributed by atoms with Crippen LogP contribution in [-0.4, -0.2) is 16.9 Å². The summed E-state index contributed by atoms with van der Waals surface area (Å²) in [5.41, 5.74) is 2.18. The Bertz CT molecular complexity index is 162. The van der Waals surface area contributed by atoms with Gasteiger partial charge in [0.05, 0.1) is 0 Å². The molecule has 0 aliphatic heterocycles. The van der Waals surface area contributed by atoms with Crippen LogP contribution in [0.4, 0.5) is 0 Å². The Hall–Kier alpha value is -0.220. The highest BCUT2D eigenvalue weighted by molar-refractivity contribution is 7.99. The molecule has 0 spiro atoms. The van der Waals surface area contributed by atoms with Gasteiger partial charge in [-0.25, -0.2) is 5.84 Å². The second-order valence-corrected chi connectivity index (χ2v) is 5.14. The molecule has 1 amide bonds. The van der Waals surface area contributed by atoms with Crippen LogP contribution < -0.4 is 11.3 Å². The molecule has 0 aromatic heterocycles. The summed E-state index contributed by atoms with van der Waals surface area (Å²) in [6.07, 6.45) is 0. The summed E-state index contributed by atoms with van der Waals surface area (Å²) in [6, 6.07) is 0. The number of nitrogens with one attached hydrogen (secondary N) is 1. The van der Waals surface area contributed by atoms with Crippen LogP contribution in [0.2, 0.25) is 0 Å². The third-order valence-electron chi connectivity index (χ3n) is 1.95. The van der Waals surface area contributed by atoms with Gasteiger partial charge in [0, 0.05) is 11.2 Å². The summed E-state index contributed by atoms with van der Waals surface area (Å²) in [6.45, 7) is 8.31. The topological polar surface area (TPSA) is 55.1 Å². The van der Waals surface area contributed by atoms with Gasteiger partial charge in [0.1, 0.15) is 0 Å². The predicted octanol–water partition coefficient (Wildman–Crippen LogP) is 1.39. The molecule has 3 nitrogen and oxygen atoms in total. The Kier molecular flexibility index (Phi) is 6.16. The van der Waals surface area contributed by atoms with Gasteiger partial charge in [-0.3, -0.25) is 10.2 Å². The van der Waals surface area contributed by atoms with Crippen molar-refractivity contribution in [2.75, 3.05) is 5.75 Å². The first-order valence-corrected chi connectivity index (χ1v) is 5.66. The largest absolute Gasteiger partial charge is 0.294 e. The molecule has 13 heavy (non-hydrogen) atoms. The highest BCUT2D eigenvalue weighted by atomic mass is 32.2. The zero-order valence-corrected chi connectivity index (χ0v) is 9.65. The number of carbonyl (C=O) groups is 1. The first kappa shape index (κ1) is 12.8. The van der Waals surface area contributed by atoms with E-state index < -0.39 is 0 Å². The molecule has 2 unspecified atom stereocenters. The number of hydrazine groups is 1. The number of rotatable bonds is 5. The molecule has 0 fully saturated rings. The molecule has 78 valence electrons. The van der Waals surface area contributed by atoms with E-state index in [1.165, 1.54) is 0 Å². The van der Waals surface area contributed by atoms with Gasteiger partial charge in [0.2, 0.25) is 5.91 Å². The fourth-order valence-electron chi connectivity index (χ4n) is 0.833.